The molecule has 27 heavy (non-hydrogen) atoms. The summed E-state index contributed by atoms with van der Waals surface area (Å²) >= 11 is 0. The summed E-state index contributed by atoms with van der Waals surface area (Å²) in [5.41, 5.74) is 6.93. The number of carbonyl (C=O) groups excluding carboxylic acids is 1. The zero-order chi connectivity index (χ0) is 20.4. The first kappa shape index (κ1) is 21.2. The van der Waals surface area contributed by atoms with E-state index in [0.717, 1.165) is 0 Å². The van der Waals surface area contributed by atoms with Gasteiger partial charge in [-0.15, -0.1) is 0 Å². The van der Waals surface area contributed by atoms with E-state index in [0.29, 0.717) is 43.0 Å². The van der Waals surface area contributed by atoms with Crippen LogP contribution in [0.1, 0.15) is 31.9 Å². The third-order valence-electron chi connectivity index (χ3n) is 4.16. The van der Waals surface area contributed by atoms with Gasteiger partial charge in [-0.25, -0.2) is 4.79 Å². The van der Waals surface area contributed by atoms with Crippen molar-refractivity contribution in [2.24, 2.45) is 5.73 Å². The van der Waals surface area contributed by atoms with E-state index in [1.807, 2.05) is 31.7 Å². The lowest BCUT2D eigenvalue weighted by atomic mass is 10.1. The van der Waals surface area contributed by atoms with Crippen LogP contribution in [0.25, 0.3) is 0 Å². The lowest BCUT2D eigenvalue weighted by molar-refractivity contribution is 0.0240. The number of halogens is 1. The zero-order valence-electron chi connectivity index (χ0n) is 16.0. The number of carbonyl (C=O) groups is 1. The van der Waals surface area contributed by atoms with Crippen LogP contribution in [0.5, 0.6) is 5.75 Å². The van der Waals surface area contributed by atoms with Crippen molar-refractivity contribution in [3.05, 3.63) is 23.3 Å². The number of benzene rings is 1. The van der Waals surface area contributed by atoms with Crippen LogP contribution in [0.4, 0.5) is 14.4 Å². The number of anilines is 1. The van der Waals surface area contributed by atoms with Gasteiger partial charge in [-0.05, 0) is 44.9 Å². The van der Waals surface area contributed by atoms with Crippen molar-refractivity contribution >= 4 is 22.3 Å². The second kappa shape index (κ2) is 7.89. The number of hydrogen-bond donors (Lipinski definition) is 1. The fourth-order valence-electron chi connectivity index (χ4n) is 2.79. The summed E-state index contributed by atoms with van der Waals surface area (Å²) < 4.78 is 44.6. The summed E-state index contributed by atoms with van der Waals surface area (Å²) in [5.74, 6) is -0.0926. The second-order valence-electron chi connectivity index (χ2n) is 7.36. The molecule has 0 spiro atoms. The Morgan fingerprint density at radius 1 is 1.22 bits per heavy atom. The van der Waals surface area contributed by atoms with Gasteiger partial charge in [0.05, 0.1) is 0 Å². The summed E-state index contributed by atoms with van der Waals surface area (Å²) in [7, 11) is -5.14. The Labute approximate surface area is 159 Å². The molecule has 0 aromatic heterocycles. The Kier molecular flexibility index (Phi) is 6.21. The van der Waals surface area contributed by atoms with Gasteiger partial charge in [0.25, 0.3) is 0 Å². The molecule has 1 heterocycles. The highest BCUT2D eigenvalue weighted by Gasteiger charge is 2.27. The van der Waals surface area contributed by atoms with E-state index in [9.17, 15) is 17.1 Å². The Hall–Kier alpha value is -2.07. The topological polar surface area (TPSA) is 102 Å². The normalized spacial score (nSPS) is 15.6. The van der Waals surface area contributed by atoms with Crippen molar-refractivity contribution in [3.63, 3.8) is 0 Å². The Balaban J connectivity index is 2.15. The SMILES string of the molecule is Cc1c(CN)cc(N2CCN(C(=O)OC(C)(C)C)CC2)cc1OS(=O)(=O)F. The summed E-state index contributed by atoms with van der Waals surface area (Å²) in [5, 5.41) is 0. The molecule has 1 fully saturated rings. The number of nitrogens with zero attached hydrogens (tertiary/aromatic N) is 2. The molecule has 1 aromatic rings. The van der Waals surface area contributed by atoms with Gasteiger partial charge in [-0.3, -0.25) is 0 Å². The molecule has 0 unspecified atom stereocenters. The summed E-state index contributed by atoms with van der Waals surface area (Å²) in [6, 6.07) is 3.28. The molecule has 1 aliphatic heterocycles. The minimum absolute atomic E-state index is 0.0926. The Bertz CT molecular complexity index is 800. The second-order valence-corrected chi connectivity index (χ2v) is 8.32. The average molecular weight is 403 g/mol. The van der Waals surface area contributed by atoms with E-state index >= 15 is 0 Å². The molecule has 0 aliphatic carbocycles. The van der Waals surface area contributed by atoms with Crippen molar-refractivity contribution in [1.29, 1.82) is 0 Å². The van der Waals surface area contributed by atoms with Gasteiger partial charge in [-0.1, -0.05) is 3.89 Å². The largest absolute Gasteiger partial charge is 0.488 e. The maximum atomic E-state index is 13.0. The van der Waals surface area contributed by atoms with Gasteiger partial charge < -0.3 is 24.5 Å². The molecule has 10 heteroatoms. The average Bonchev–Trinajstić information content (AvgIpc) is 2.54. The van der Waals surface area contributed by atoms with E-state index in [1.54, 1.807) is 11.8 Å². The number of amides is 1. The molecule has 0 bridgehead atoms. The van der Waals surface area contributed by atoms with Gasteiger partial charge in [0.15, 0.2) is 5.75 Å². The number of rotatable bonds is 4. The summed E-state index contributed by atoms with van der Waals surface area (Å²) in [6.45, 7) is 9.10. The van der Waals surface area contributed by atoms with Gasteiger partial charge in [0.2, 0.25) is 0 Å². The van der Waals surface area contributed by atoms with Crippen molar-refractivity contribution in [3.8, 4) is 5.75 Å². The molecule has 1 amide bonds. The molecule has 0 saturated carbocycles. The van der Waals surface area contributed by atoms with Crippen LogP contribution in [0, 0.1) is 6.92 Å². The first-order valence-corrected chi connectivity index (χ1v) is 9.91. The van der Waals surface area contributed by atoms with Crippen LogP contribution in [-0.4, -0.2) is 51.2 Å². The van der Waals surface area contributed by atoms with Gasteiger partial charge in [0, 0.05) is 44.5 Å². The monoisotopic (exact) mass is 403 g/mol. The predicted molar refractivity (Wildman–Crippen MR) is 99.7 cm³/mol. The van der Waals surface area contributed by atoms with Gasteiger partial charge >= 0.3 is 16.6 Å². The van der Waals surface area contributed by atoms with E-state index in [4.69, 9.17) is 10.5 Å². The molecular formula is C17H26FN3O5S. The Morgan fingerprint density at radius 3 is 2.30 bits per heavy atom. The quantitative estimate of drug-likeness (QED) is 0.768. The van der Waals surface area contributed by atoms with Crippen LogP contribution < -0.4 is 14.8 Å². The van der Waals surface area contributed by atoms with Gasteiger partial charge in [0.1, 0.15) is 5.60 Å². The fourth-order valence-corrected chi connectivity index (χ4v) is 3.18. The molecule has 1 aliphatic rings. The predicted octanol–water partition coefficient (Wildman–Crippen LogP) is 2.10. The summed E-state index contributed by atoms with van der Waals surface area (Å²) in [6.07, 6.45) is -0.374. The van der Waals surface area contributed by atoms with Crippen molar-refractivity contribution in [1.82, 2.24) is 4.90 Å². The van der Waals surface area contributed by atoms with E-state index < -0.39 is 16.1 Å². The lowest BCUT2D eigenvalue weighted by Gasteiger charge is -2.37. The first-order valence-electron chi connectivity index (χ1n) is 8.60. The fraction of sp³-hybridized carbons (Fsp3) is 0.588. The number of hydrogen-bond acceptors (Lipinski definition) is 7. The molecule has 1 aromatic carbocycles. The third-order valence-corrected chi connectivity index (χ3v) is 4.54. The molecule has 0 atom stereocenters. The molecule has 152 valence electrons. The van der Waals surface area contributed by atoms with Crippen LogP contribution >= 0.6 is 0 Å². The highest BCUT2D eigenvalue weighted by molar-refractivity contribution is 7.81. The summed E-state index contributed by atoms with van der Waals surface area (Å²) in [4.78, 5) is 15.7. The smallest absolute Gasteiger partial charge is 0.444 e. The number of nitrogens with two attached hydrogens (primary N) is 1. The first-order chi connectivity index (χ1) is 12.4. The minimum Gasteiger partial charge on any atom is -0.444 e. The van der Waals surface area contributed by atoms with Crippen molar-refractivity contribution < 1.29 is 26.0 Å². The number of piperazine rings is 1. The molecule has 2 rings (SSSR count). The van der Waals surface area contributed by atoms with E-state index in [1.165, 1.54) is 6.07 Å². The van der Waals surface area contributed by atoms with Crippen molar-refractivity contribution in [2.75, 3.05) is 31.1 Å². The van der Waals surface area contributed by atoms with Crippen LogP contribution in [0.2, 0.25) is 0 Å². The maximum absolute atomic E-state index is 13.0. The number of ether oxygens (including phenoxy) is 1. The molecule has 8 nitrogen and oxygen atoms in total. The highest BCUT2D eigenvalue weighted by Crippen LogP contribution is 2.31. The van der Waals surface area contributed by atoms with Crippen LogP contribution in [0.3, 0.4) is 0 Å². The third kappa shape index (κ3) is 5.96. The maximum Gasteiger partial charge on any atom is 0.488 e. The van der Waals surface area contributed by atoms with Crippen LogP contribution in [-0.2, 0) is 21.8 Å². The Morgan fingerprint density at radius 2 is 1.81 bits per heavy atom. The lowest BCUT2D eigenvalue weighted by Crippen LogP contribution is -2.50. The van der Waals surface area contributed by atoms with E-state index in [-0.39, 0.29) is 18.4 Å². The van der Waals surface area contributed by atoms with Gasteiger partial charge in [-0.2, -0.15) is 8.42 Å². The molecule has 2 N–H and O–H groups in total. The highest BCUT2D eigenvalue weighted by atomic mass is 32.3. The molecule has 0 radical (unpaired) electrons. The van der Waals surface area contributed by atoms with E-state index in [2.05, 4.69) is 4.18 Å². The standard InChI is InChI=1S/C17H26FN3O5S/c1-12-13(11-19)9-14(10-15(12)26-27(18,23)24)20-5-7-21(8-6-20)16(22)25-17(2,3)4/h9-10H,5-8,11,19H2,1-4H3. The molecular weight excluding hydrogens is 377 g/mol. The van der Waals surface area contributed by atoms with Crippen molar-refractivity contribution in [2.45, 2.75) is 39.8 Å². The zero-order valence-corrected chi connectivity index (χ0v) is 16.8. The van der Waals surface area contributed by atoms with Crippen LogP contribution in [0.15, 0.2) is 12.1 Å². The minimum atomic E-state index is -5.14. The molecule has 1 saturated heterocycles.